The zero-order chi connectivity index (χ0) is 14.8. The van der Waals surface area contributed by atoms with Gasteiger partial charge in [-0.25, -0.2) is 13.1 Å². The number of carbonyl (C=O) groups is 1. The molecule has 0 atom stereocenters. The van der Waals surface area contributed by atoms with Gasteiger partial charge in [-0.2, -0.15) is 0 Å². The van der Waals surface area contributed by atoms with Crippen molar-refractivity contribution < 1.29 is 13.2 Å². The highest BCUT2D eigenvalue weighted by Crippen LogP contribution is 2.25. The molecule has 0 saturated carbocycles. The molecule has 0 aromatic heterocycles. The van der Waals surface area contributed by atoms with Crippen LogP contribution in [0.1, 0.15) is 6.42 Å². The van der Waals surface area contributed by atoms with E-state index in [0.717, 1.165) is 5.69 Å². The quantitative estimate of drug-likeness (QED) is 0.653. The zero-order valence-electron chi connectivity index (χ0n) is 11.2. The van der Waals surface area contributed by atoms with E-state index in [0.29, 0.717) is 26.1 Å². The van der Waals surface area contributed by atoms with Crippen LogP contribution in [0.25, 0.3) is 0 Å². The number of nitrogens with two attached hydrogens (primary N) is 1. The number of nitrogens with one attached hydrogen (secondary N) is 2. The second kappa shape index (κ2) is 5.68. The van der Waals surface area contributed by atoms with Crippen LogP contribution in [0, 0.1) is 0 Å². The molecule has 1 aromatic carbocycles. The van der Waals surface area contributed by atoms with Crippen LogP contribution in [-0.4, -0.2) is 41.0 Å². The van der Waals surface area contributed by atoms with Gasteiger partial charge in [-0.3, -0.25) is 4.79 Å². The third kappa shape index (κ3) is 3.02. The Hall–Kier alpha value is -1.80. The van der Waals surface area contributed by atoms with Crippen LogP contribution in [-0.2, 0) is 14.8 Å². The second-order valence-electron chi connectivity index (χ2n) is 4.52. The van der Waals surface area contributed by atoms with Crippen LogP contribution in [0.3, 0.4) is 0 Å². The predicted molar refractivity (Wildman–Crippen MR) is 76.9 cm³/mol. The van der Waals surface area contributed by atoms with Gasteiger partial charge in [-0.15, -0.1) is 0 Å². The van der Waals surface area contributed by atoms with Crippen LogP contribution in [0.5, 0.6) is 0 Å². The highest BCUT2D eigenvalue weighted by atomic mass is 32.2. The Morgan fingerprint density at radius 2 is 2.10 bits per heavy atom. The van der Waals surface area contributed by atoms with Gasteiger partial charge in [0.15, 0.2) is 0 Å². The lowest BCUT2D eigenvalue weighted by Crippen LogP contribution is -2.28. The van der Waals surface area contributed by atoms with Gasteiger partial charge in [0.1, 0.15) is 4.90 Å². The lowest BCUT2D eigenvalue weighted by atomic mass is 10.2. The summed E-state index contributed by atoms with van der Waals surface area (Å²) in [5, 5.41) is 2.79. The zero-order valence-corrected chi connectivity index (χ0v) is 12.0. The summed E-state index contributed by atoms with van der Waals surface area (Å²) in [5.74, 6) is 0.0230. The van der Waals surface area contributed by atoms with Gasteiger partial charge in [0.25, 0.3) is 0 Å². The van der Waals surface area contributed by atoms with E-state index in [1.54, 1.807) is 12.1 Å². The first-order valence-corrected chi connectivity index (χ1v) is 7.77. The molecule has 1 fully saturated rings. The van der Waals surface area contributed by atoms with Crippen molar-refractivity contribution in [2.75, 3.05) is 37.3 Å². The van der Waals surface area contributed by atoms with Crippen molar-refractivity contribution in [1.29, 1.82) is 0 Å². The first kappa shape index (κ1) is 14.6. The Morgan fingerprint density at radius 3 is 2.75 bits per heavy atom. The maximum Gasteiger partial charge on any atom is 0.242 e. The molecule has 4 N–H and O–H groups in total. The van der Waals surface area contributed by atoms with Gasteiger partial charge >= 0.3 is 0 Å². The summed E-state index contributed by atoms with van der Waals surface area (Å²) in [6, 6.07) is 4.81. The first-order chi connectivity index (χ1) is 9.44. The monoisotopic (exact) mass is 298 g/mol. The molecule has 1 aliphatic rings. The number of sulfonamides is 1. The van der Waals surface area contributed by atoms with Gasteiger partial charge in [-0.05, 0) is 25.2 Å². The highest BCUT2D eigenvalue weighted by molar-refractivity contribution is 7.89. The number of benzene rings is 1. The summed E-state index contributed by atoms with van der Waals surface area (Å²) >= 11 is 0. The van der Waals surface area contributed by atoms with Gasteiger partial charge in [0, 0.05) is 31.7 Å². The molecule has 1 heterocycles. The topological polar surface area (TPSA) is 105 Å². The van der Waals surface area contributed by atoms with Gasteiger partial charge < -0.3 is 16.0 Å². The van der Waals surface area contributed by atoms with Crippen LogP contribution < -0.4 is 20.7 Å². The summed E-state index contributed by atoms with van der Waals surface area (Å²) in [7, 11) is -2.21. The van der Waals surface area contributed by atoms with Crippen molar-refractivity contribution in [3.63, 3.8) is 0 Å². The van der Waals surface area contributed by atoms with Crippen molar-refractivity contribution in [3.8, 4) is 0 Å². The summed E-state index contributed by atoms with van der Waals surface area (Å²) in [6.45, 7) is 1.82. The van der Waals surface area contributed by atoms with Crippen LogP contribution >= 0.6 is 0 Å². The fourth-order valence-corrected chi connectivity index (χ4v) is 2.95. The van der Waals surface area contributed by atoms with Gasteiger partial charge in [0.2, 0.25) is 15.9 Å². The van der Waals surface area contributed by atoms with Crippen LogP contribution in [0.2, 0.25) is 0 Å². The molecule has 0 aliphatic carbocycles. The van der Waals surface area contributed by atoms with E-state index >= 15 is 0 Å². The van der Waals surface area contributed by atoms with Crippen molar-refractivity contribution in [2.24, 2.45) is 0 Å². The number of hydrogen-bond acceptors (Lipinski definition) is 5. The third-order valence-electron chi connectivity index (χ3n) is 3.23. The molecule has 1 amide bonds. The number of nitrogen functional groups attached to an aromatic ring is 1. The molecule has 0 radical (unpaired) electrons. The fourth-order valence-electron chi connectivity index (χ4n) is 2.11. The summed E-state index contributed by atoms with van der Waals surface area (Å²) in [6.07, 6.45) is 0.413. The number of anilines is 2. The van der Waals surface area contributed by atoms with Crippen LogP contribution in [0.15, 0.2) is 23.1 Å². The fraction of sp³-hybridized carbons (Fsp3) is 0.417. The molecule has 0 unspecified atom stereocenters. The number of rotatable bonds is 3. The standard InChI is InChI=1S/C12H18N4O3S/c1-14-20(18,19)11-3-2-9(8-10(11)13)16-6-4-12(17)15-5-7-16/h2-3,8,14H,4-7,13H2,1H3,(H,15,17). The second-order valence-corrected chi connectivity index (χ2v) is 6.37. The van der Waals surface area contributed by atoms with E-state index in [-0.39, 0.29) is 16.5 Å². The molecular formula is C12H18N4O3S. The minimum Gasteiger partial charge on any atom is -0.398 e. The Kier molecular flexibility index (Phi) is 4.15. The van der Waals surface area contributed by atoms with Crippen LogP contribution in [0.4, 0.5) is 11.4 Å². The Bertz CT molecular complexity index is 615. The molecule has 1 saturated heterocycles. The van der Waals surface area contributed by atoms with Crippen molar-refractivity contribution in [3.05, 3.63) is 18.2 Å². The number of nitrogens with zero attached hydrogens (tertiary/aromatic N) is 1. The van der Waals surface area contributed by atoms with Gasteiger partial charge in [0.05, 0.1) is 5.69 Å². The molecule has 2 rings (SSSR count). The highest BCUT2D eigenvalue weighted by Gasteiger charge is 2.18. The molecule has 1 aliphatic heterocycles. The molecule has 7 nitrogen and oxygen atoms in total. The largest absolute Gasteiger partial charge is 0.398 e. The average molecular weight is 298 g/mol. The van der Waals surface area contributed by atoms with E-state index < -0.39 is 10.0 Å². The Morgan fingerprint density at radius 1 is 1.35 bits per heavy atom. The van der Waals surface area contributed by atoms with Crippen molar-refractivity contribution >= 4 is 27.3 Å². The van der Waals surface area contributed by atoms with Gasteiger partial charge in [-0.1, -0.05) is 0 Å². The molecule has 1 aromatic rings. The summed E-state index contributed by atoms with van der Waals surface area (Å²) in [5.41, 5.74) is 6.84. The van der Waals surface area contributed by atoms with Crippen molar-refractivity contribution in [2.45, 2.75) is 11.3 Å². The number of amides is 1. The number of hydrogen-bond donors (Lipinski definition) is 3. The Labute approximate surface area is 118 Å². The minimum absolute atomic E-state index is 0.0230. The normalized spacial score (nSPS) is 16.6. The maximum absolute atomic E-state index is 11.7. The molecule has 20 heavy (non-hydrogen) atoms. The van der Waals surface area contributed by atoms with E-state index in [4.69, 9.17) is 5.73 Å². The van der Waals surface area contributed by atoms with E-state index in [1.807, 2.05) is 4.90 Å². The predicted octanol–water partition coefficient (Wildman–Crippen LogP) is -0.497. The SMILES string of the molecule is CNS(=O)(=O)c1ccc(N2CCNC(=O)CC2)cc1N. The molecule has 0 spiro atoms. The van der Waals surface area contributed by atoms with E-state index in [2.05, 4.69) is 10.0 Å². The molecule has 8 heteroatoms. The maximum atomic E-state index is 11.7. The van der Waals surface area contributed by atoms with Crippen molar-refractivity contribution in [1.82, 2.24) is 10.0 Å². The minimum atomic E-state index is -3.55. The summed E-state index contributed by atoms with van der Waals surface area (Å²) < 4.78 is 25.7. The van der Waals surface area contributed by atoms with E-state index in [1.165, 1.54) is 13.1 Å². The average Bonchev–Trinajstić information content (AvgIpc) is 2.63. The summed E-state index contributed by atoms with van der Waals surface area (Å²) in [4.78, 5) is 13.4. The first-order valence-electron chi connectivity index (χ1n) is 6.29. The Balaban J connectivity index is 2.27. The number of carbonyl (C=O) groups excluding carboxylic acids is 1. The lowest BCUT2D eigenvalue weighted by Gasteiger charge is -2.22. The molecule has 110 valence electrons. The molecular weight excluding hydrogens is 280 g/mol. The smallest absolute Gasteiger partial charge is 0.242 e. The van der Waals surface area contributed by atoms with E-state index in [9.17, 15) is 13.2 Å². The third-order valence-corrected chi connectivity index (χ3v) is 4.72. The lowest BCUT2D eigenvalue weighted by molar-refractivity contribution is -0.120. The molecule has 0 bridgehead atoms.